The van der Waals surface area contributed by atoms with Gasteiger partial charge in [-0.1, -0.05) is 23.2 Å². The van der Waals surface area contributed by atoms with Gasteiger partial charge in [-0.3, -0.25) is 0 Å². The van der Waals surface area contributed by atoms with Crippen LogP contribution < -0.4 is 0 Å². The lowest BCUT2D eigenvalue weighted by molar-refractivity contribution is -0.137. The molecule has 0 aliphatic carbocycles. The van der Waals surface area contributed by atoms with Crippen molar-refractivity contribution < 1.29 is 14.6 Å². The number of phenols is 1. The van der Waals surface area contributed by atoms with Crippen LogP contribution in [0.2, 0.25) is 10.0 Å². The topological polar surface area (TPSA) is 46.5 Å². The summed E-state index contributed by atoms with van der Waals surface area (Å²) in [4.78, 5) is 11.0. The highest BCUT2D eigenvalue weighted by molar-refractivity contribution is 6.43. The van der Waals surface area contributed by atoms with E-state index in [4.69, 9.17) is 27.9 Å². The molecule has 0 saturated carbocycles. The van der Waals surface area contributed by atoms with Crippen molar-refractivity contribution in [1.82, 2.24) is 0 Å². The third-order valence-electron chi connectivity index (χ3n) is 1.78. The molecule has 1 N–H and O–H groups in total. The Morgan fingerprint density at radius 2 is 2.12 bits per heavy atom. The van der Waals surface area contributed by atoms with Crippen LogP contribution in [0.25, 0.3) is 6.08 Å². The molecule has 0 aromatic heterocycles. The first-order valence-corrected chi connectivity index (χ1v) is 5.33. The molecule has 1 rings (SSSR count). The average Bonchev–Trinajstić information content (AvgIpc) is 2.25. The molecular weight excluding hydrogens is 251 g/mol. The summed E-state index contributed by atoms with van der Waals surface area (Å²) in [6.07, 6.45) is 2.73. The number of carbonyl (C=O) groups excluding carboxylic acids is 1. The highest BCUT2D eigenvalue weighted by Crippen LogP contribution is 2.34. The standard InChI is InChI=1S/C11H10Cl2O3/c1-2-16-9(15)6-4-7-3-5-8(14)11(13)10(7)12/h3-6,14H,2H2,1H3. The fourth-order valence-electron chi connectivity index (χ4n) is 1.03. The Bertz CT molecular complexity index is 427. The molecule has 0 bridgehead atoms. The number of aromatic hydroxyl groups is 1. The summed E-state index contributed by atoms with van der Waals surface area (Å²) in [6, 6.07) is 2.96. The van der Waals surface area contributed by atoms with Gasteiger partial charge in [0, 0.05) is 6.08 Å². The molecule has 0 radical (unpaired) electrons. The van der Waals surface area contributed by atoms with E-state index in [9.17, 15) is 9.90 Å². The van der Waals surface area contributed by atoms with Gasteiger partial charge in [-0.15, -0.1) is 0 Å². The highest BCUT2D eigenvalue weighted by Gasteiger charge is 2.07. The summed E-state index contributed by atoms with van der Waals surface area (Å²) in [7, 11) is 0. The van der Waals surface area contributed by atoms with Crippen molar-refractivity contribution in [3.05, 3.63) is 33.8 Å². The zero-order valence-corrected chi connectivity index (χ0v) is 10.0. The van der Waals surface area contributed by atoms with Gasteiger partial charge >= 0.3 is 5.97 Å². The fraction of sp³-hybridized carbons (Fsp3) is 0.182. The summed E-state index contributed by atoms with van der Waals surface area (Å²) >= 11 is 11.6. The molecule has 0 amide bonds. The maximum Gasteiger partial charge on any atom is 0.330 e. The molecule has 1 aromatic carbocycles. The maximum atomic E-state index is 11.0. The molecule has 0 saturated heterocycles. The van der Waals surface area contributed by atoms with Crippen LogP contribution in [0.15, 0.2) is 18.2 Å². The van der Waals surface area contributed by atoms with E-state index in [1.807, 2.05) is 0 Å². The van der Waals surface area contributed by atoms with Crippen molar-refractivity contribution in [2.45, 2.75) is 6.92 Å². The number of phenolic OH excluding ortho intramolecular Hbond substituents is 1. The molecule has 5 heteroatoms. The van der Waals surface area contributed by atoms with Crippen molar-refractivity contribution in [3.8, 4) is 5.75 Å². The number of carbonyl (C=O) groups is 1. The van der Waals surface area contributed by atoms with Crippen molar-refractivity contribution >= 4 is 35.2 Å². The van der Waals surface area contributed by atoms with Crippen LogP contribution in [0.5, 0.6) is 5.75 Å². The van der Waals surface area contributed by atoms with Crippen LogP contribution in [0, 0.1) is 0 Å². The molecule has 0 unspecified atom stereocenters. The minimum atomic E-state index is -0.456. The van der Waals surface area contributed by atoms with Crippen LogP contribution in [0.4, 0.5) is 0 Å². The van der Waals surface area contributed by atoms with E-state index < -0.39 is 5.97 Å². The normalized spacial score (nSPS) is 10.7. The Morgan fingerprint density at radius 1 is 1.44 bits per heavy atom. The van der Waals surface area contributed by atoms with Crippen LogP contribution in [-0.4, -0.2) is 17.7 Å². The fourth-order valence-corrected chi connectivity index (χ4v) is 1.43. The first kappa shape index (κ1) is 12.9. The summed E-state index contributed by atoms with van der Waals surface area (Å²) in [5.74, 6) is -0.553. The number of benzene rings is 1. The number of esters is 1. The number of ether oxygens (including phenoxy) is 1. The molecule has 0 aliphatic rings. The van der Waals surface area contributed by atoms with Crippen LogP contribution in [-0.2, 0) is 9.53 Å². The lowest BCUT2D eigenvalue weighted by Crippen LogP contribution is -1.98. The Kier molecular flexibility index (Phi) is 4.65. The van der Waals surface area contributed by atoms with Gasteiger partial charge in [0.05, 0.1) is 11.6 Å². The third-order valence-corrected chi connectivity index (χ3v) is 2.66. The zero-order chi connectivity index (χ0) is 12.1. The minimum Gasteiger partial charge on any atom is -0.506 e. The second-order valence-electron chi connectivity index (χ2n) is 2.89. The molecule has 0 fully saturated rings. The summed E-state index contributed by atoms with van der Waals surface area (Å²) in [5.41, 5.74) is 0.539. The summed E-state index contributed by atoms with van der Waals surface area (Å²) < 4.78 is 4.71. The van der Waals surface area contributed by atoms with Gasteiger partial charge < -0.3 is 9.84 Å². The highest BCUT2D eigenvalue weighted by atomic mass is 35.5. The molecule has 0 spiro atoms. The summed E-state index contributed by atoms with van der Waals surface area (Å²) in [5, 5.41) is 9.51. The predicted octanol–water partition coefficient (Wildman–Crippen LogP) is 3.28. The Hall–Kier alpha value is -1.19. The number of hydrogen-bond donors (Lipinski definition) is 1. The molecule has 16 heavy (non-hydrogen) atoms. The molecule has 0 aliphatic heterocycles. The smallest absolute Gasteiger partial charge is 0.330 e. The molecule has 86 valence electrons. The van der Waals surface area contributed by atoms with Crippen molar-refractivity contribution in [2.24, 2.45) is 0 Å². The van der Waals surface area contributed by atoms with Crippen molar-refractivity contribution in [3.63, 3.8) is 0 Å². The van der Waals surface area contributed by atoms with Gasteiger partial charge in [0.15, 0.2) is 0 Å². The van der Waals surface area contributed by atoms with Crippen LogP contribution in [0.1, 0.15) is 12.5 Å². The summed E-state index contributed by atoms with van der Waals surface area (Å²) in [6.45, 7) is 2.03. The zero-order valence-electron chi connectivity index (χ0n) is 8.54. The Morgan fingerprint density at radius 3 is 2.75 bits per heavy atom. The molecule has 1 aromatic rings. The largest absolute Gasteiger partial charge is 0.506 e. The van der Waals surface area contributed by atoms with E-state index in [1.54, 1.807) is 13.0 Å². The SMILES string of the molecule is CCOC(=O)C=Cc1ccc(O)c(Cl)c1Cl. The quantitative estimate of drug-likeness (QED) is 0.670. The number of halogens is 2. The van der Waals surface area contributed by atoms with Gasteiger partial charge in [0.25, 0.3) is 0 Å². The second-order valence-corrected chi connectivity index (χ2v) is 3.64. The maximum absolute atomic E-state index is 11.0. The van der Waals surface area contributed by atoms with Gasteiger partial charge in [-0.25, -0.2) is 4.79 Å². The first-order chi connectivity index (χ1) is 7.56. The number of rotatable bonds is 3. The second kappa shape index (κ2) is 5.77. The molecular formula is C11H10Cl2O3. The van der Waals surface area contributed by atoms with Crippen molar-refractivity contribution in [1.29, 1.82) is 0 Å². The molecule has 0 atom stereocenters. The van der Waals surface area contributed by atoms with E-state index in [0.717, 1.165) is 0 Å². The Balaban J connectivity index is 2.90. The van der Waals surface area contributed by atoms with E-state index in [0.29, 0.717) is 12.2 Å². The first-order valence-electron chi connectivity index (χ1n) is 4.58. The van der Waals surface area contributed by atoms with E-state index in [-0.39, 0.29) is 15.8 Å². The van der Waals surface area contributed by atoms with E-state index in [1.165, 1.54) is 18.2 Å². The van der Waals surface area contributed by atoms with Crippen LogP contribution in [0.3, 0.4) is 0 Å². The van der Waals surface area contributed by atoms with Crippen molar-refractivity contribution in [2.75, 3.05) is 6.61 Å². The van der Waals surface area contributed by atoms with E-state index >= 15 is 0 Å². The minimum absolute atomic E-state index is 0.0627. The lowest BCUT2D eigenvalue weighted by atomic mass is 10.2. The predicted molar refractivity (Wildman–Crippen MR) is 63.8 cm³/mol. The van der Waals surface area contributed by atoms with Gasteiger partial charge in [-0.05, 0) is 30.7 Å². The Labute approximate surface area is 103 Å². The number of hydrogen-bond acceptors (Lipinski definition) is 3. The van der Waals surface area contributed by atoms with Crippen LogP contribution >= 0.6 is 23.2 Å². The monoisotopic (exact) mass is 260 g/mol. The van der Waals surface area contributed by atoms with Gasteiger partial charge in [-0.2, -0.15) is 0 Å². The third kappa shape index (κ3) is 3.15. The van der Waals surface area contributed by atoms with Gasteiger partial charge in [0.2, 0.25) is 0 Å². The van der Waals surface area contributed by atoms with Gasteiger partial charge in [0.1, 0.15) is 10.8 Å². The lowest BCUT2D eigenvalue weighted by Gasteiger charge is -2.02. The van der Waals surface area contributed by atoms with E-state index in [2.05, 4.69) is 0 Å². The molecule has 0 heterocycles. The molecule has 3 nitrogen and oxygen atoms in total. The average molecular weight is 261 g/mol.